The smallest absolute Gasteiger partial charge is 0.257 e. The van der Waals surface area contributed by atoms with Crippen LogP contribution in [0.15, 0.2) is 42.6 Å². The van der Waals surface area contributed by atoms with Crippen LogP contribution in [-0.4, -0.2) is 51.1 Å². The maximum Gasteiger partial charge on any atom is 0.257 e. The lowest BCUT2D eigenvalue weighted by atomic mass is 10.1. The predicted octanol–water partition coefficient (Wildman–Crippen LogP) is 2.57. The van der Waals surface area contributed by atoms with E-state index in [1.165, 1.54) is 42.1 Å². The van der Waals surface area contributed by atoms with Gasteiger partial charge in [-0.2, -0.15) is 9.49 Å². The molecular formula is C23H23FN4O6. The highest BCUT2D eigenvalue weighted by molar-refractivity contribution is 6.04. The molecule has 0 unspecified atom stereocenters. The molecule has 1 aliphatic rings. The van der Waals surface area contributed by atoms with Crippen LogP contribution in [0.5, 0.6) is 23.0 Å². The van der Waals surface area contributed by atoms with Crippen molar-refractivity contribution in [1.82, 2.24) is 15.1 Å². The van der Waals surface area contributed by atoms with Crippen LogP contribution in [0.4, 0.5) is 10.2 Å². The molecule has 1 aliphatic carbocycles. The summed E-state index contributed by atoms with van der Waals surface area (Å²) in [7, 11) is 3.06. The average molecular weight is 470 g/mol. The van der Waals surface area contributed by atoms with Crippen LogP contribution in [0, 0.1) is 5.82 Å². The maximum atomic E-state index is 14.7. The molecule has 2 amide bonds. The van der Waals surface area contributed by atoms with E-state index in [4.69, 9.17) is 9.47 Å². The molecule has 34 heavy (non-hydrogen) atoms. The second-order valence-corrected chi connectivity index (χ2v) is 7.92. The number of aromatic hydroxyl groups is 1. The lowest BCUT2D eigenvalue weighted by Crippen LogP contribution is -2.23. The number of nitrogens with zero attached hydrogens (tertiary/aromatic N) is 2. The Labute approximate surface area is 193 Å². The normalized spacial score (nSPS) is 13.8. The molecule has 4 rings (SSSR count). The minimum absolute atomic E-state index is 0.0448. The Morgan fingerprint density at radius 2 is 1.91 bits per heavy atom. The Kier molecular flexibility index (Phi) is 6.12. The van der Waals surface area contributed by atoms with Crippen molar-refractivity contribution in [3.05, 3.63) is 59.5 Å². The number of rotatable bonds is 8. The fourth-order valence-electron chi connectivity index (χ4n) is 3.24. The fourth-order valence-corrected chi connectivity index (χ4v) is 3.24. The number of carbonyl (C=O) groups is 2. The summed E-state index contributed by atoms with van der Waals surface area (Å²) in [6, 6.07) is 8.31. The molecule has 1 saturated carbocycles. The number of ether oxygens (including phenoxy) is 2. The number of benzene rings is 2. The van der Waals surface area contributed by atoms with E-state index in [9.17, 15) is 24.2 Å². The van der Waals surface area contributed by atoms with Gasteiger partial charge in [0.25, 0.3) is 11.8 Å². The predicted molar refractivity (Wildman–Crippen MR) is 119 cm³/mol. The number of phenols is 1. The third-order valence-electron chi connectivity index (χ3n) is 5.31. The van der Waals surface area contributed by atoms with Gasteiger partial charge in [0.05, 0.1) is 12.2 Å². The number of aryl methyl sites for hydroxylation is 1. The number of hydrogen-bond acceptors (Lipinski definition) is 7. The van der Waals surface area contributed by atoms with E-state index in [0.29, 0.717) is 18.7 Å². The second-order valence-electron chi connectivity index (χ2n) is 7.92. The van der Waals surface area contributed by atoms with Crippen molar-refractivity contribution in [2.24, 2.45) is 7.05 Å². The van der Waals surface area contributed by atoms with Gasteiger partial charge in [0.1, 0.15) is 17.1 Å². The van der Waals surface area contributed by atoms with Crippen molar-refractivity contribution in [2.75, 3.05) is 19.0 Å². The molecule has 0 radical (unpaired) electrons. The van der Waals surface area contributed by atoms with E-state index in [2.05, 4.69) is 15.7 Å². The number of amides is 2. The van der Waals surface area contributed by atoms with Crippen LogP contribution >= 0.6 is 0 Å². The minimum Gasteiger partial charge on any atom is -0.504 e. The van der Waals surface area contributed by atoms with E-state index in [-0.39, 0.29) is 35.0 Å². The van der Waals surface area contributed by atoms with Crippen LogP contribution in [0.25, 0.3) is 0 Å². The highest BCUT2D eigenvalue weighted by atomic mass is 19.1. The van der Waals surface area contributed by atoms with Crippen molar-refractivity contribution in [1.29, 1.82) is 0 Å². The molecule has 0 spiro atoms. The highest BCUT2D eigenvalue weighted by Crippen LogP contribution is 2.41. The van der Waals surface area contributed by atoms with Gasteiger partial charge in [-0.15, -0.1) is 0 Å². The average Bonchev–Trinajstić information content (AvgIpc) is 3.48. The fraction of sp³-hybridized carbons (Fsp3) is 0.261. The molecule has 11 heteroatoms. The van der Waals surface area contributed by atoms with Crippen molar-refractivity contribution in [2.45, 2.75) is 18.4 Å². The van der Waals surface area contributed by atoms with Gasteiger partial charge in [-0.25, -0.2) is 0 Å². The molecule has 3 aromatic rings. The van der Waals surface area contributed by atoms with Gasteiger partial charge < -0.3 is 30.3 Å². The van der Waals surface area contributed by atoms with Gasteiger partial charge in [0.2, 0.25) is 5.82 Å². The molecule has 1 heterocycles. The van der Waals surface area contributed by atoms with E-state index in [0.717, 1.165) is 0 Å². The Hall–Kier alpha value is -4.12. The summed E-state index contributed by atoms with van der Waals surface area (Å²) in [5.41, 5.74) is -0.844. The third kappa shape index (κ3) is 4.79. The molecule has 178 valence electrons. The van der Waals surface area contributed by atoms with E-state index in [1.54, 1.807) is 19.3 Å². The molecular weight excluding hydrogens is 447 g/mol. The van der Waals surface area contributed by atoms with Crippen LogP contribution in [0.2, 0.25) is 0 Å². The number of hydrogen-bond donors (Lipinski definition) is 4. The summed E-state index contributed by atoms with van der Waals surface area (Å²) in [6.07, 6.45) is 2.96. The first-order chi connectivity index (χ1) is 16.2. The summed E-state index contributed by atoms with van der Waals surface area (Å²) < 4.78 is 27.7. The van der Waals surface area contributed by atoms with E-state index in [1.807, 2.05) is 0 Å². The second kappa shape index (κ2) is 9.02. The molecule has 0 aliphatic heterocycles. The third-order valence-corrected chi connectivity index (χ3v) is 5.31. The molecule has 1 fully saturated rings. The van der Waals surface area contributed by atoms with Gasteiger partial charge in [0.15, 0.2) is 17.3 Å². The Balaban J connectivity index is 1.66. The number of nitrogens with one attached hydrogen (secondary N) is 2. The lowest BCUT2D eigenvalue weighted by molar-refractivity contribution is 0.0944. The van der Waals surface area contributed by atoms with Crippen LogP contribution in [0.3, 0.4) is 0 Å². The summed E-state index contributed by atoms with van der Waals surface area (Å²) in [5, 5.41) is 28.7. The molecule has 4 N–H and O–H groups in total. The lowest BCUT2D eigenvalue weighted by Gasteiger charge is -2.17. The zero-order valence-corrected chi connectivity index (χ0v) is 18.5. The zero-order chi connectivity index (χ0) is 24.5. The number of halogens is 1. The molecule has 10 nitrogen and oxygen atoms in total. The first-order valence-corrected chi connectivity index (χ1v) is 10.4. The largest absolute Gasteiger partial charge is 0.504 e. The van der Waals surface area contributed by atoms with Crippen LogP contribution in [-0.2, 0) is 7.05 Å². The maximum absolute atomic E-state index is 14.7. The first-order valence-electron chi connectivity index (χ1n) is 10.4. The monoisotopic (exact) mass is 470 g/mol. The SMILES string of the molecule is CNC(=O)c1ccc(Oc2cc(OC3(CO)CC3)cc(C(=O)Nc3ccn(C)n3)c2)c(F)c1O. The topological polar surface area (TPSA) is 135 Å². The number of aromatic nitrogens is 2. The van der Waals surface area contributed by atoms with Gasteiger partial charge in [-0.3, -0.25) is 14.3 Å². The molecule has 0 bridgehead atoms. The Morgan fingerprint density at radius 1 is 1.18 bits per heavy atom. The standard InChI is InChI=1S/C23H23FN4O6/c1-25-22(32)16-3-4-17(19(24)20(16)30)33-14-9-13(21(31)26-18-5-8-28(2)27-18)10-15(11-14)34-23(12-29)6-7-23/h3-5,8-11,29-30H,6-7,12H2,1-2H3,(H,25,32)(H,26,27,31). The zero-order valence-electron chi connectivity index (χ0n) is 18.5. The van der Waals surface area contributed by atoms with Gasteiger partial charge in [-0.1, -0.05) is 0 Å². The minimum atomic E-state index is -1.14. The number of carbonyl (C=O) groups excluding carboxylic acids is 2. The molecule has 0 atom stereocenters. The molecule has 0 saturated heterocycles. The first kappa shape index (κ1) is 23.1. The summed E-state index contributed by atoms with van der Waals surface area (Å²) in [5.74, 6) is -2.93. The molecule has 2 aromatic carbocycles. The summed E-state index contributed by atoms with van der Waals surface area (Å²) in [4.78, 5) is 24.6. The number of aliphatic hydroxyl groups excluding tert-OH is 1. The number of phenolic OH excluding ortho intramolecular Hbond substituents is 1. The Bertz CT molecular complexity index is 1250. The van der Waals surface area contributed by atoms with E-state index < -0.39 is 29.0 Å². The van der Waals surface area contributed by atoms with Crippen LogP contribution < -0.4 is 20.1 Å². The van der Waals surface area contributed by atoms with Crippen molar-refractivity contribution < 1.29 is 33.7 Å². The van der Waals surface area contributed by atoms with Crippen molar-refractivity contribution >= 4 is 17.6 Å². The van der Waals surface area contributed by atoms with Crippen molar-refractivity contribution in [3.8, 4) is 23.0 Å². The van der Waals surface area contributed by atoms with Crippen molar-refractivity contribution in [3.63, 3.8) is 0 Å². The van der Waals surface area contributed by atoms with Gasteiger partial charge in [0, 0.05) is 38.0 Å². The Morgan fingerprint density at radius 3 is 2.53 bits per heavy atom. The van der Waals surface area contributed by atoms with Crippen LogP contribution in [0.1, 0.15) is 33.6 Å². The van der Waals surface area contributed by atoms with Gasteiger partial charge >= 0.3 is 0 Å². The quantitative estimate of drug-likeness (QED) is 0.397. The highest BCUT2D eigenvalue weighted by Gasteiger charge is 2.45. The number of aliphatic hydroxyl groups is 1. The van der Waals surface area contributed by atoms with E-state index >= 15 is 0 Å². The summed E-state index contributed by atoms with van der Waals surface area (Å²) in [6.45, 7) is -0.197. The number of anilines is 1. The van der Waals surface area contributed by atoms with Gasteiger partial charge in [-0.05, 0) is 37.1 Å². The molecule has 1 aromatic heterocycles. The summed E-state index contributed by atoms with van der Waals surface area (Å²) >= 11 is 0.